The van der Waals surface area contributed by atoms with Crippen LogP contribution in [0.25, 0.3) is 0 Å². The Bertz CT molecular complexity index is 1190. The lowest BCUT2D eigenvalue weighted by Crippen LogP contribution is -2.33. The first kappa shape index (κ1) is 18.4. The van der Waals surface area contributed by atoms with Crippen molar-refractivity contribution >= 4 is 11.4 Å². The average molecular weight is 399 g/mol. The summed E-state index contributed by atoms with van der Waals surface area (Å²) in [6, 6.07) is 21.0. The fourth-order valence-corrected chi connectivity index (χ4v) is 4.26. The number of nitro groups is 1. The first-order valence-electron chi connectivity index (χ1n) is 9.94. The molecule has 2 aliphatic heterocycles. The number of aryl methyl sites for hydroxylation is 2. The highest BCUT2D eigenvalue weighted by Crippen LogP contribution is 2.47. The van der Waals surface area contributed by atoms with Crippen LogP contribution in [-0.4, -0.2) is 15.6 Å². The van der Waals surface area contributed by atoms with Crippen LogP contribution >= 0.6 is 0 Å². The second-order valence-corrected chi connectivity index (χ2v) is 7.83. The maximum atomic E-state index is 11.3. The van der Waals surface area contributed by atoms with Gasteiger partial charge >= 0.3 is 0 Å². The van der Waals surface area contributed by atoms with Crippen LogP contribution in [0, 0.1) is 24.0 Å². The number of fused-ring (bicyclic) bond motifs is 3. The number of nitrogens with zero attached hydrogens (tertiary/aromatic N) is 3. The number of rotatable bonds is 3. The van der Waals surface area contributed by atoms with Crippen LogP contribution in [0.2, 0.25) is 0 Å². The zero-order valence-corrected chi connectivity index (χ0v) is 16.8. The number of hydrogen-bond donors (Lipinski definition) is 0. The Morgan fingerprint density at radius 2 is 1.90 bits per heavy atom. The molecule has 0 radical (unpaired) electrons. The summed E-state index contributed by atoms with van der Waals surface area (Å²) in [6.45, 7) is 4.17. The van der Waals surface area contributed by atoms with Crippen LogP contribution in [0.1, 0.15) is 46.5 Å². The summed E-state index contributed by atoms with van der Waals surface area (Å²) in [6.07, 6.45) is 0.239. The van der Waals surface area contributed by atoms with Crippen LogP contribution in [-0.2, 0) is 0 Å². The van der Waals surface area contributed by atoms with Crippen molar-refractivity contribution < 1.29 is 9.66 Å². The number of hydrogen-bond acceptors (Lipinski definition) is 5. The Morgan fingerprint density at radius 3 is 2.73 bits per heavy atom. The summed E-state index contributed by atoms with van der Waals surface area (Å²) in [5.41, 5.74) is 6.37. The molecule has 0 saturated carbocycles. The molecule has 3 aromatic carbocycles. The summed E-state index contributed by atoms with van der Waals surface area (Å²) < 4.78 is 6.30. The summed E-state index contributed by atoms with van der Waals surface area (Å²) in [4.78, 5) is 10.9. The SMILES string of the molecule is Cc1ccc(C)c(C2=NN3[C@@H](C2)c2ccccc2O[C@H]3c2cccc([N+](=O)[O-])c2)c1. The maximum absolute atomic E-state index is 11.3. The van der Waals surface area contributed by atoms with Gasteiger partial charge in [-0.15, -0.1) is 0 Å². The molecule has 0 bridgehead atoms. The lowest BCUT2D eigenvalue weighted by molar-refractivity contribution is -0.385. The van der Waals surface area contributed by atoms with Gasteiger partial charge in [-0.3, -0.25) is 10.1 Å². The van der Waals surface area contributed by atoms with Crippen LogP contribution in [0.5, 0.6) is 5.75 Å². The summed E-state index contributed by atoms with van der Waals surface area (Å²) in [5, 5.41) is 18.2. The van der Waals surface area contributed by atoms with Crippen molar-refractivity contribution in [3.63, 3.8) is 0 Å². The number of non-ortho nitro benzene ring substituents is 1. The topological polar surface area (TPSA) is 68.0 Å². The van der Waals surface area contributed by atoms with Crippen molar-refractivity contribution in [1.29, 1.82) is 0 Å². The highest BCUT2D eigenvalue weighted by Gasteiger charge is 2.41. The van der Waals surface area contributed by atoms with E-state index in [1.807, 2.05) is 29.3 Å². The molecule has 0 N–H and O–H groups in total. The molecule has 30 heavy (non-hydrogen) atoms. The van der Waals surface area contributed by atoms with Gasteiger partial charge < -0.3 is 4.74 Å². The number of nitro benzene ring substituents is 1. The fraction of sp³-hybridized carbons (Fsp3) is 0.208. The van der Waals surface area contributed by atoms with Gasteiger partial charge in [0.15, 0.2) is 0 Å². The Morgan fingerprint density at radius 1 is 1.07 bits per heavy atom. The Labute approximate surface area is 174 Å². The zero-order valence-electron chi connectivity index (χ0n) is 16.8. The molecule has 0 saturated heterocycles. The Hall–Kier alpha value is -3.67. The van der Waals surface area contributed by atoms with E-state index < -0.39 is 6.23 Å². The number of hydrazone groups is 1. The third-order valence-corrected chi connectivity index (χ3v) is 5.77. The van der Waals surface area contributed by atoms with Gasteiger partial charge in [0.1, 0.15) is 5.75 Å². The van der Waals surface area contributed by atoms with Crippen LogP contribution < -0.4 is 4.74 Å². The molecule has 0 unspecified atom stereocenters. The molecule has 3 aromatic rings. The van der Waals surface area contributed by atoms with Gasteiger partial charge in [0.05, 0.1) is 16.7 Å². The van der Waals surface area contributed by atoms with Gasteiger partial charge in [0.25, 0.3) is 5.69 Å². The van der Waals surface area contributed by atoms with Crippen molar-refractivity contribution in [2.75, 3.05) is 0 Å². The third-order valence-electron chi connectivity index (χ3n) is 5.77. The van der Waals surface area contributed by atoms with Crippen LogP contribution in [0.15, 0.2) is 71.8 Å². The summed E-state index contributed by atoms with van der Waals surface area (Å²) in [7, 11) is 0. The Kier molecular flexibility index (Phi) is 4.28. The molecule has 0 fully saturated rings. The molecule has 2 aliphatic rings. The molecule has 0 amide bonds. The molecule has 2 atom stereocenters. The van der Waals surface area contributed by atoms with E-state index in [1.165, 1.54) is 17.2 Å². The highest BCUT2D eigenvalue weighted by atomic mass is 16.6. The number of ether oxygens (including phenoxy) is 1. The second kappa shape index (κ2) is 6.99. The van der Waals surface area contributed by atoms with E-state index in [9.17, 15) is 10.1 Å². The van der Waals surface area contributed by atoms with Crippen molar-refractivity contribution in [1.82, 2.24) is 5.01 Å². The predicted octanol–water partition coefficient (Wildman–Crippen LogP) is 5.45. The molecular weight excluding hydrogens is 378 g/mol. The van der Waals surface area contributed by atoms with Crippen LogP contribution in [0.3, 0.4) is 0 Å². The standard InChI is InChI=1S/C24H21N3O3/c1-15-10-11-16(2)20(12-15)21-14-22-19-8-3-4-9-23(19)30-24(26(22)25-21)17-6-5-7-18(13-17)27(28)29/h3-13,22,24H,14H2,1-2H3/t22-,24-/m0/s1. The molecule has 0 aromatic heterocycles. The first-order chi connectivity index (χ1) is 14.5. The third kappa shape index (κ3) is 3.01. The second-order valence-electron chi connectivity index (χ2n) is 7.83. The average Bonchev–Trinajstić information content (AvgIpc) is 3.20. The highest BCUT2D eigenvalue weighted by molar-refractivity contribution is 6.03. The number of para-hydroxylation sites is 1. The molecule has 5 rings (SSSR count). The van der Waals surface area contributed by atoms with E-state index in [-0.39, 0.29) is 16.7 Å². The molecule has 0 spiro atoms. The van der Waals surface area contributed by atoms with Gasteiger partial charge in [-0.25, -0.2) is 5.01 Å². The molecule has 6 heteroatoms. The molecular formula is C24H21N3O3. The maximum Gasteiger partial charge on any atom is 0.269 e. The minimum Gasteiger partial charge on any atom is -0.464 e. The Balaban J connectivity index is 1.62. The van der Waals surface area contributed by atoms with E-state index in [1.54, 1.807) is 12.1 Å². The van der Waals surface area contributed by atoms with Gasteiger partial charge in [0, 0.05) is 35.2 Å². The lowest BCUT2D eigenvalue weighted by Gasteiger charge is -2.38. The van der Waals surface area contributed by atoms with Crippen molar-refractivity contribution in [3.8, 4) is 5.75 Å². The molecule has 150 valence electrons. The largest absolute Gasteiger partial charge is 0.464 e. The summed E-state index contributed by atoms with van der Waals surface area (Å²) in [5.74, 6) is 0.799. The van der Waals surface area contributed by atoms with E-state index in [2.05, 4.69) is 38.1 Å². The summed E-state index contributed by atoms with van der Waals surface area (Å²) >= 11 is 0. The number of benzene rings is 3. The monoisotopic (exact) mass is 399 g/mol. The van der Waals surface area contributed by atoms with Crippen LogP contribution in [0.4, 0.5) is 5.69 Å². The van der Waals surface area contributed by atoms with Gasteiger partial charge in [0.2, 0.25) is 6.23 Å². The van der Waals surface area contributed by atoms with Crippen molar-refractivity contribution in [2.45, 2.75) is 32.5 Å². The minimum atomic E-state index is -0.521. The fourth-order valence-electron chi connectivity index (χ4n) is 4.26. The normalized spacial score (nSPS) is 19.5. The van der Waals surface area contributed by atoms with E-state index >= 15 is 0 Å². The van der Waals surface area contributed by atoms with E-state index in [0.717, 1.165) is 34.6 Å². The smallest absolute Gasteiger partial charge is 0.269 e. The van der Waals surface area contributed by atoms with Crippen molar-refractivity contribution in [2.24, 2.45) is 5.10 Å². The van der Waals surface area contributed by atoms with Crippen molar-refractivity contribution in [3.05, 3.63) is 105 Å². The van der Waals surface area contributed by atoms with Gasteiger partial charge in [-0.2, -0.15) is 5.10 Å². The zero-order chi connectivity index (χ0) is 20.8. The first-order valence-corrected chi connectivity index (χ1v) is 9.94. The van der Waals surface area contributed by atoms with Gasteiger partial charge in [-0.1, -0.05) is 48.0 Å². The van der Waals surface area contributed by atoms with E-state index in [0.29, 0.717) is 0 Å². The van der Waals surface area contributed by atoms with E-state index in [4.69, 9.17) is 9.84 Å². The molecule has 2 heterocycles. The lowest BCUT2D eigenvalue weighted by atomic mass is 9.93. The van der Waals surface area contributed by atoms with Gasteiger partial charge in [-0.05, 0) is 31.5 Å². The minimum absolute atomic E-state index is 0.0223. The predicted molar refractivity (Wildman–Crippen MR) is 115 cm³/mol. The quantitative estimate of drug-likeness (QED) is 0.434. The molecule has 6 nitrogen and oxygen atoms in total. The molecule has 0 aliphatic carbocycles.